The maximum atomic E-state index is 12.7. The van der Waals surface area contributed by atoms with Gasteiger partial charge in [-0.1, -0.05) is 11.6 Å². The highest BCUT2D eigenvalue weighted by Gasteiger charge is 2.31. The predicted octanol–water partition coefficient (Wildman–Crippen LogP) is 3.75. The highest BCUT2D eigenvalue weighted by atomic mass is 35.5. The van der Waals surface area contributed by atoms with Crippen molar-refractivity contribution in [2.24, 2.45) is 5.10 Å². The van der Waals surface area contributed by atoms with Crippen LogP contribution in [-0.4, -0.2) is 28.4 Å². The summed E-state index contributed by atoms with van der Waals surface area (Å²) >= 11 is 5.98. The van der Waals surface area contributed by atoms with Crippen molar-refractivity contribution in [3.05, 3.63) is 63.7 Å². The van der Waals surface area contributed by atoms with Crippen LogP contribution in [0.2, 0.25) is 5.02 Å². The van der Waals surface area contributed by atoms with E-state index in [1.54, 1.807) is 18.2 Å². The van der Waals surface area contributed by atoms with Crippen LogP contribution in [0.15, 0.2) is 52.4 Å². The molecule has 0 radical (unpaired) electrons. The zero-order chi connectivity index (χ0) is 20.6. The van der Waals surface area contributed by atoms with E-state index in [-0.39, 0.29) is 29.6 Å². The van der Waals surface area contributed by atoms with E-state index in [2.05, 4.69) is 20.2 Å². The fourth-order valence-electron chi connectivity index (χ4n) is 2.79. The monoisotopic (exact) mass is 424 g/mol. The number of ether oxygens (including phenoxy) is 2. The Bertz CT molecular complexity index is 1160. The molecule has 0 saturated heterocycles. The van der Waals surface area contributed by atoms with Crippen LogP contribution in [0.4, 0.5) is 18.9 Å². The Balaban J connectivity index is 1.63. The van der Waals surface area contributed by atoms with Crippen molar-refractivity contribution < 1.29 is 22.6 Å². The molecule has 1 aromatic heterocycles. The second kappa shape index (κ2) is 7.28. The minimum Gasteiger partial charge on any atom is -0.472 e. The molecule has 1 aliphatic rings. The zero-order valence-corrected chi connectivity index (χ0v) is 15.3. The number of hydrogen-bond acceptors (Lipinski definition) is 6. The first-order valence-electron chi connectivity index (χ1n) is 8.33. The Kier molecular flexibility index (Phi) is 4.79. The first kappa shape index (κ1) is 19.1. The summed E-state index contributed by atoms with van der Waals surface area (Å²) in [5.74, 6) is -0.0575. The van der Waals surface area contributed by atoms with Crippen molar-refractivity contribution >= 4 is 34.1 Å². The van der Waals surface area contributed by atoms with E-state index < -0.39 is 6.36 Å². The minimum atomic E-state index is -4.76. The normalized spacial score (nSPS) is 15.1. The molecule has 0 bridgehead atoms. The molecule has 29 heavy (non-hydrogen) atoms. The van der Waals surface area contributed by atoms with Gasteiger partial charge in [0, 0.05) is 5.02 Å². The number of rotatable bonds is 3. The quantitative estimate of drug-likeness (QED) is 0.648. The molecule has 0 unspecified atom stereocenters. The number of anilines is 1. The lowest BCUT2D eigenvalue weighted by Gasteiger charge is -2.20. The number of nitrogens with one attached hydrogen (secondary N) is 1. The Morgan fingerprint density at radius 2 is 1.97 bits per heavy atom. The van der Waals surface area contributed by atoms with Crippen molar-refractivity contribution in [1.29, 1.82) is 0 Å². The molecule has 2 aromatic carbocycles. The number of fused-ring (bicyclic) bond motifs is 2. The lowest BCUT2D eigenvalue weighted by Crippen LogP contribution is -2.35. The van der Waals surface area contributed by atoms with Crippen molar-refractivity contribution in [3.63, 3.8) is 0 Å². The topological polar surface area (TPSA) is 77.7 Å². The summed E-state index contributed by atoms with van der Waals surface area (Å²) < 4.78 is 47.4. The third kappa shape index (κ3) is 4.11. The number of hydrazone groups is 1. The van der Waals surface area contributed by atoms with Gasteiger partial charge in [-0.15, -0.1) is 18.3 Å². The molecule has 4 rings (SSSR count). The fraction of sp³-hybridized carbons (Fsp3) is 0.167. The van der Waals surface area contributed by atoms with Gasteiger partial charge in [0.2, 0.25) is 5.82 Å². The number of hydrogen-bond donors (Lipinski definition) is 1. The van der Waals surface area contributed by atoms with E-state index in [4.69, 9.17) is 16.3 Å². The van der Waals surface area contributed by atoms with Gasteiger partial charge >= 0.3 is 6.36 Å². The van der Waals surface area contributed by atoms with Crippen LogP contribution in [0.1, 0.15) is 5.82 Å². The van der Waals surface area contributed by atoms with Gasteiger partial charge < -0.3 is 9.47 Å². The summed E-state index contributed by atoms with van der Waals surface area (Å²) in [4.78, 5) is 17.1. The van der Waals surface area contributed by atoms with Gasteiger partial charge in [0.15, 0.2) is 0 Å². The van der Waals surface area contributed by atoms with Gasteiger partial charge in [0.05, 0.1) is 23.1 Å². The molecule has 7 nitrogen and oxygen atoms in total. The average Bonchev–Trinajstić information content (AvgIpc) is 2.66. The lowest BCUT2D eigenvalue weighted by atomic mass is 10.2. The average molecular weight is 425 g/mol. The molecular formula is C18H12ClF3N4O3. The third-order valence-electron chi connectivity index (χ3n) is 4.04. The fourth-order valence-corrected chi connectivity index (χ4v) is 2.96. The maximum absolute atomic E-state index is 12.7. The largest absolute Gasteiger partial charge is 0.573 e. The Hall–Kier alpha value is -3.27. The SMILES string of the molecule is O=c1c2ccc(Cl)cc2nc2n1CCO/C2=N/Nc1ccc(OC(F)(F)F)cc1. The molecule has 0 amide bonds. The number of nitrogens with zero attached hydrogens (tertiary/aromatic N) is 3. The number of alkyl halides is 3. The predicted molar refractivity (Wildman–Crippen MR) is 100 cm³/mol. The molecule has 1 aliphatic heterocycles. The van der Waals surface area contributed by atoms with Crippen LogP contribution in [0.25, 0.3) is 10.9 Å². The molecule has 11 heteroatoms. The van der Waals surface area contributed by atoms with Gasteiger partial charge in [0.25, 0.3) is 11.5 Å². The molecule has 0 spiro atoms. The number of halogens is 4. The van der Waals surface area contributed by atoms with Crippen LogP contribution in [0.5, 0.6) is 5.75 Å². The molecular weight excluding hydrogens is 413 g/mol. The summed E-state index contributed by atoms with van der Waals surface area (Å²) in [5.41, 5.74) is 3.22. The summed E-state index contributed by atoms with van der Waals surface area (Å²) in [6.07, 6.45) is -4.76. The minimum absolute atomic E-state index is 0.0749. The maximum Gasteiger partial charge on any atom is 0.573 e. The molecule has 0 atom stereocenters. The van der Waals surface area contributed by atoms with Gasteiger partial charge in [-0.25, -0.2) is 4.98 Å². The highest BCUT2D eigenvalue weighted by molar-refractivity contribution is 6.31. The van der Waals surface area contributed by atoms with Crippen molar-refractivity contribution in [1.82, 2.24) is 9.55 Å². The van der Waals surface area contributed by atoms with Crippen molar-refractivity contribution in [2.45, 2.75) is 12.9 Å². The standard InChI is InChI=1S/C18H12ClF3N4O3/c19-10-1-6-13-14(9-10)23-15-16(28-8-7-26(15)17(13)27)25-24-11-2-4-12(5-3-11)29-18(20,21)22/h1-6,9,24H,7-8H2/b25-16+. The first-order chi connectivity index (χ1) is 13.8. The van der Waals surface area contributed by atoms with E-state index >= 15 is 0 Å². The summed E-state index contributed by atoms with van der Waals surface area (Å²) in [5, 5.41) is 4.95. The molecule has 150 valence electrons. The van der Waals surface area contributed by atoms with Crippen LogP contribution < -0.4 is 15.7 Å². The summed E-state index contributed by atoms with van der Waals surface area (Å²) in [6.45, 7) is 0.523. The van der Waals surface area contributed by atoms with Crippen LogP contribution >= 0.6 is 11.6 Å². The van der Waals surface area contributed by atoms with E-state index in [0.717, 1.165) is 12.1 Å². The van der Waals surface area contributed by atoms with E-state index in [0.29, 0.717) is 28.2 Å². The van der Waals surface area contributed by atoms with Crippen molar-refractivity contribution in [3.8, 4) is 5.75 Å². The molecule has 1 N–H and O–H groups in total. The number of aromatic nitrogens is 2. The van der Waals surface area contributed by atoms with E-state index in [1.165, 1.54) is 16.7 Å². The Morgan fingerprint density at radius 1 is 1.21 bits per heavy atom. The van der Waals surface area contributed by atoms with Gasteiger partial charge in [-0.3, -0.25) is 14.8 Å². The Labute approximate surface area is 166 Å². The third-order valence-corrected chi connectivity index (χ3v) is 4.27. The molecule has 0 aliphatic carbocycles. The smallest absolute Gasteiger partial charge is 0.472 e. The second-order valence-corrected chi connectivity index (χ2v) is 6.44. The summed E-state index contributed by atoms with van der Waals surface area (Å²) in [7, 11) is 0. The van der Waals surface area contributed by atoms with E-state index in [9.17, 15) is 18.0 Å². The highest BCUT2D eigenvalue weighted by Crippen LogP contribution is 2.24. The van der Waals surface area contributed by atoms with E-state index in [1.807, 2.05) is 0 Å². The molecule has 2 heterocycles. The van der Waals surface area contributed by atoms with Gasteiger partial charge in [-0.2, -0.15) is 0 Å². The van der Waals surface area contributed by atoms with Crippen LogP contribution in [0.3, 0.4) is 0 Å². The Morgan fingerprint density at radius 3 is 2.69 bits per heavy atom. The second-order valence-electron chi connectivity index (χ2n) is 6.00. The van der Waals surface area contributed by atoms with Crippen molar-refractivity contribution in [2.75, 3.05) is 12.0 Å². The molecule has 3 aromatic rings. The number of benzene rings is 2. The molecule has 0 fully saturated rings. The van der Waals surface area contributed by atoms with Crippen LogP contribution in [0, 0.1) is 0 Å². The lowest BCUT2D eigenvalue weighted by molar-refractivity contribution is -0.274. The van der Waals surface area contributed by atoms with Gasteiger partial charge in [-0.05, 0) is 42.5 Å². The van der Waals surface area contributed by atoms with Crippen LogP contribution in [-0.2, 0) is 11.3 Å². The molecule has 0 saturated carbocycles. The zero-order valence-electron chi connectivity index (χ0n) is 14.5. The summed E-state index contributed by atoms with van der Waals surface area (Å²) in [6, 6.07) is 9.78. The van der Waals surface area contributed by atoms with Gasteiger partial charge in [0.1, 0.15) is 12.4 Å². The first-order valence-corrected chi connectivity index (χ1v) is 8.71.